The van der Waals surface area contributed by atoms with E-state index in [1.54, 1.807) is 6.07 Å². The van der Waals surface area contributed by atoms with Crippen LogP contribution in [0.25, 0.3) is 0 Å². The molecule has 196 valence electrons. The SMILES string of the molecule is O=C(C[C@@H]1CC[C@@H]2[C@H](COC[C@@H](O)CN2Cc2cccc(C(F)(F)F)c2)O1)NCCc1ccccc1. The van der Waals surface area contributed by atoms with Crippen LogP contribution in [-0.2, 0) is 33.4 Å². The Morgan fingerprint density at radius 2 is 1.83 bits per heavy atom. The Morgan fingerprint density at radius 3 is 2.61 bits per heavy atom. The van der Waals surface area contributed by atoms with E-state index in [2.05, 4.69) is 5.32 Å². The van der Waals surface area contributed by atoms with Gasteiger partial charge in [0.15, 0.2) is 0 Å². The van der Waals surface area contributed by atoms with Crippen molar-refractivity contribution in [3.63, 3.8) is 0 Å². The molecule has 0 radical (unpaired) electrons. The summed E-state index contributed by atoms with van der Waals surface area (Å²) >= 11 is 0. The molecule has 2 aromatic carbocycles. The second-order valence-electron chi connectivity index (χ2n) is 9.55. The number of benzene rings is 2. The summed E-state index contributed by atoms with van der Waals surface area (Å²) in [6.07, 6.45) is -3.41. The number of amides is 1. The van der Waals surface area contributed by atoms with Crippen molar-refractivity contribution in [1.29, 1.82) is 0 Å². The summed E-state index contributed by atoms with van der Waals surface area (Å²) in [5.74, 6) is -0.0719. The van der Waals surface area contributed by atoms with Crippen LogP contribution in [0.4, 0.5) is 13.2 Å². The highest BCUT2D eigenvalue weighted by Gasteiger charge is 2.38. The molecule has 2 aromatic rings. The summed E-state index contributed by atoms with van der Waals surface area (Å²) in [7, 11) is 0. The van der Waals surface area contributed by atoms with Gasteiger partial charge in [-0.05, 0) is 36.5 Å². The van der Waals surface area contributed by atoms with Crippen molar-refractivity contribution < 1.29 is 32.5 Å². The van der Waals surface area contributed by atoms with Crippen LogP contribution in [0.1, 0.15) is 36.0 Å². The summed E-state index contributed by atoms with van der Waals surface area (Å²) in [6, 6.07) is 15.1. The number of alkyl halides is 3. The molecule has 1 amide bonds. The van der Waals surface area contributed by atoms with E-state index >= 15 is 0 Å². The first-order valence-corrected chi connectivity index (χ1v) is 12.4. The van der Waals surface area contributed by atoms with Gasteiger partial charge in [-0.25, -0.2) is 0 Å². The molecule has 2 heterocycles. The first-order valence-electron chi connectivity index (χ1n) is 12.4. The molecule has 6 nitrogen and oxygen atoms in total. The van der Waals surface area contributed by atoms with Crippen LogP contribution in [0.2, 0.25) is 0 Å². The quantitative estimate of drug-likeness (QED) is 0.601. The van der Waals surface area contributed by atoms with Crippen LogP contribution in [-0.4, -0.2) is 66.6 Å². The summed E-state index contributed by atoms with van der Waals surface area (Å²) in [6.45, 7) is 1.46. The second-order valence-corrected chi connectivity index (χ2v) is 9.55. The van der Waals surface area contributed by atoms with Gasteiger partial charge in [0.25, 0.3) is 0 Å². The molecular formula is C27H33F3N2O4. The van der Waals surface area contributed by atoms with Crippen molar-refractivity contribution >= 4 is 5.91 Å². The second kappa shape index (κ2) is 12.2. The lowest BCUT2D eigenvalue weighted by Gasteiger charge is -2.44. The van der Waals surface area contributed by atoms with Crippen molar-refractivity contribution in [2.45, 2.75) is 62.8 Å². The summed E-state index contributed by atoms with van der Waals surface area (Å²) < 4.78 is 51.4. The van der Waals surface area contributed by atoms with Crippen molar-refractivity contribution in [3.8, 4) is 0 Å². The van der Waals surface area contributed by atoms with Crippen LogP contribution in [0.3, 0.4) is 0 Å². The number of hydrogen-bond donors (Lipinski definition) is 2. The zero-order valence-electron chi connectivity index (χ0n) is 20.1. The van der Waals surface area contributed by atoms with E-state index in [4.69, 9.17) is 9.47 Å². The Labute approximate surface area is 209 Å². The molecule has 0 aliphatic carbocycles. The molecule has 4 atom stereocenters. The maximum Gasteiger partial charge on any atom is 0.416 e. The van der Waals surface area contributed by atoms with E-state index in [1.807, 2.05) is 35.2 Å². The summed E-state index contributed by atoms with van der Waals surface area (Å²) in [5, 5.41) is 13.3. The zero-order valence-corrected chi connectivity index (χ0v) is 20.1. The van der Waals surface area contributed by atoms with Crippen LogP contribution >= 0.6 is 0 Å². The smallest absolute Gasteiger partial charge is 0.389 e. The lowest BCUT2D eigenvalue weighted by Crippen LogP contribution is -2.55. The largest absolute Gasteiger partial charge is 0.416 e. The number of hydrogen-bond acceptors (Lipinski definition) is 5. The van der Waals surface area contributed by atoms with Gasteiger partial charge in [-0.15, -0.1) is 0 Å². The molecule has 4 rings (SSSR count). The number of carbonyl (C=O) groups is 1. The van der Waals surface area contributed by atoms with Crippen LogP contribution in [0, 0.1) is 0 Å². The standard InChI is InChI=1S/C27H33F3N2O4/c28-27(29,30)21-8-4-7-20(13-21)15-32-16-22(33)17-35-18-25-24(32)10-9-23(36-25)14-26(34)31-12-11-19-5-2-1-3-6-19/h1-8,13,22-25,33H,9-12,14-18H2,(H,31,34)/t22-,23-,24+,25-/m0/s1. The number of rotatable bonds is 7. The van der Waals surface area contributed by atoms with E-state index in [0.29, 0.717) is 24.9 Å². The minimum Gasteiger partial charge on any atom is -0.389 e. The molecule has 2 N–H and O–H groups in total. The average molecular weight is 507 g/mol. The van der Waals surface area contributed by atoms with Gasteiger partial charge < -0.3 is 19.9 Å². The van der Waals surface area contributed by atoms with Crippen molar-refractivity contribution in [2.75, 3.05) is 26.3 Å². The maximum absolute atomic E-state index is 13.2. The first kappa shape index (κ1) is 26.6. The zero-order chi connectivity index (χ0) is 25.5. The van der Waals surface area contributed by atoms with Gasteiger partial charge in [0, 0.05) is 25.7 Å². The molecule has 2 aliphatic heterocycles. The van der Waals surface area contributed by atoms with Crippen molar-refractivity contribution in [2.24, 2.45) is 0 Å². The van der Waals surface area contributed by atoms with Gasteiger partial charge in [-0.2, -0.15) is 13.2 Å². The molecule has 0 saturated carbocycles. The number of carbonyl (C=O) groups excluding carboxylic acids is 1. The number of halogens is 3. The van der Waals surface area contributed by atoms with E-state index < -0.39 is 17.8 Å². The van der Waals surface area contributed by atoms with Crippen molar-refractivity contribution in [3.05, 3.63) is 71.3 Å². The van der Waals surface area contributed by atoms with Gasteiger partial charge in [-0.3, -0.25) is 9.69 Å². The number of nitrogens with zero attached hydrogens (tertiary/aromatic N) is 1. The normalized spacial score (nSPS) is 25.4. The molecule has 0 aromatic heterocycles. The Balaban J connectivity index is 1.34. The third-order valence-electron chi connectivity index (χ3n) is 6.72. The van der Waals surface area contributed by atoms with Crippen LogP contribution in [0.5, 0.6) is 0 Å². The van der Waals surface area contributed by atoms with E-state index in [1.165, 1.54) is 6.07 Å². The third-order valence-corrected chi connectivity index (χ3v) is 6.72. The molecule has 2 fully saturated rings. The van der Waals surface area contributed by atoms with E-state index in [0.717, 1.165) is 24.1 Å². The number of fused-ring (bicyclic) bond motifs is 1. The Kier molecular flexibility index (Phi) is 9.00. The minimum atomic E-state index is -4.41. The van der Waals surface area contributed by atoms with Gasteiger partial charge in [0.2, 0.25) is 5.91 Å². The average Bonchev–Trinajstić information content (AvgIpc) is 2.83. The number of β-amino-alcohol motifs (C(OH)–C–C–N with tert-alkyl or cyclic N) is 1. The maximum atomic E-state index is 13.2. The lowest BCUT2D eigenvalue weighted by atomic mass is 9.94. The van der Waals surface area contributed by atoms with Crippen LogP contribution < -0.4 is 5.32 Å². The molecule has 36 heavy (non-hydrogen) atoms. The number of aliphatic hydroxyl groups excluding tert-OH is 1. The van der Waals surface area contributed by atoms with Gasteiger partial charge >= 0.3 is 6.18 Å². The fraction of sp³-hybridized carbons (Fsp3) is 0.519. The molecule has 9 heteroatoms. The van der Waals surface area contributed by atoms with Gasteiger partial charge in [0.1, 0.15) is 0 Å². The van der Waals surface area contributed by atoms with Crippen molar-refractivity contribution in [1.82, 2.24) is 10.2 Å². The third kappa shape index (κ3) is 7.52. The molecule has 2 saturated heterocycles. The molecule has 0 spiro atoms. The highest BCUT2D eigenvalue weighted by Crippen LogP contribution is 2.32. The number of aliphatic hydroxyl groups is 1. The first-order chi connectivity index (χ1) is 17.3. The minimum absolute atomic E-state index is 0.0719. The molecular weight excluding hydrogens is 473 g/mol. The fourth-order valence-electron chi connectivity index (χ4n) is 4.98. The molecule has 0 unspecified atom stereocenters. The monoisotopic (exact) mass is 506 g/mol. The summed E-state index contributed by atoms with van der Waals surface area (Å²) in [5.41, 5.74) is 0.993. The van der Waals surface area contributed by atoms with E-state index in [-0.39, 0.29) is 56.9 Å². The molecule has 2 aliphatic rings. The highest BCUT2D eigenvalue weighted by atomic mass is 19.4. The predicted molar refractivity (Wildman–Crippen MR) is 128 cm³/mol. The molecule has 0 bridgehead atoms. The van der Waals surface area contributed by atoms with Gasteiger partial charge in [-0.1, -0.05) is 48.5 Å². The summed E-state index contributed by atoms with van der Waals surface area (Å²) in [4.78, 5) is 14.5. The fourth-order valence-corrected chi connectivity index (χ4v) is 4.98. The predicted octanol–water partition coefficient (Wildman–Crippen LogP) is 3.56. The highest BCUT2D eigenvalue weighted by molar-refractivity contribution is 5.76. The van der Waals surface area contributed by atoms with Crippen LogP contribution in [0.15, 0.2) is 54.6 Å². The Hall–Kier alpha value is -2.46. The number of nitrogens with one attached hydrogen (secondary N) is 1. The number of ether oxygens (including phenoxy) is 2. The Bertz CT molecular complexity index is 988. The lowest BCUT2D eigenvalue weighted by molar-refractivity contribution is -0.158. The van der Waals surface area contributed by atoms with E-state index in [9.17, 15) is 23.1 Å². The topological polar surface area (TPSA) is 71.0 Å². The Morgan fingerprint density at radius 1 is 1.06 bits per heavy atom. The van der Waals surface area contributed by atoms with Gasteiger partial charge in [0.05, 0.1) is 43.5 Å².